The van der Waals surface area contributed by atoms with Crippen LogP contribution in [0, 0.1) is 13.8 Å². The molecule has 0 amide bonds. The summed E-state index contributed by atoms with van der Waals surface area (Å²) in [6.07, 6.45) is 7.75. The Balaban J connectivity index is 1.42. The van der Waals surface area contributed by atoms with Crippen LogP contribution in [-0.2, 0) is 0 Å². The number of hydrogen-bond donors (Lipinski definition) is 2. The molecule has 2 heterocycles. The lowest BCUT2D eigenvalue weighted by Gasteiger charge is -2.41. The second-order valence-corrected chi connectivity index (χ2v) is 8.33. The van der Waals surface area contributed by atoms with Crippen LogP contribution in [0.2, 0.25) is 0 Å². The fourth-order valence-corrected chi connectivity index (χ4v) is 4.69. The van der Waals surface area contributed by atoms with Gasteiger partial charge in [0.2, 0.25) is 0 Å². The van der Waals surface area contributed by atoms with Crippen LogP contribution in [0.3, 0.4) is 0 Å². The first-order valence-electron chi connectivity index (χ1n) is 10.3. The molecule has 26 heavy (non-hydrogen) atoms. The van der Waals surface area contributed by atoms with Crippen LogP contribution >= 0.6 is 0 Å². The highest BCUT2D eigenvalue weighted by molar-refractivity contribution is 5.26. The molecule has 0 radical (unpaired) electrons. The monoisotopic (exact) mass is 348 g/mol. The summed E-state index contributed by atoms with van der Waals surface area (Å²) in [5.41, 5.74) is 5.59. The lowest BCUT2D eigenvalue weighted by atomic mass is 9.84. The lowest BCUT2D eigenvalue weighted by molar-refractivity contribution is 0.212. The highest BCUT2D eigenvalue weighted by Gasteiger charge is 2.32. The second-order valence-electron chi connectivity index (χ2n) is 8.33. The fraction of sp³-hybridized carbons (Fsp3) is 0.500. The van der Waals surface area contributed by atoms with Crippen molar-refractivity contribution in [3.05, 3.63) is 70.8 Å². The van der Waals surface area contributed by atoms with E-state index < -0.39 is 0 Å². The third-order valence-corrected chi connectivity index (χ3v) is 6.29. The Labute approximate surface area is 158 Å². The van der Waals surface area contributed by atoms with Gasteiger partial charge >= 0.3 is 0 Å². The van der Waals surface area contributed by atoms with E-state index in [9.17, 15) is 0 Å². The van der Waals surface area contributed by atoms with E-state index >= 15 is 0 Å². The number of rotatable bonds is 3. The molecule has 0 unspecified atom stereocenters. The average molecular weight is 349 g/mol. The van der Waals surface area contributed by atoms with Gasteiger partial charge < -0.3 is 10.6 Å². The number of hydrogen-bond acceptors (Lipinski definition) is 2. The molecule has 2 aromatic carbocycles. The van der Waals surface area contributed by atoms with Gasteiger partial charge in [0.15, 0.2) is 0 Å². The predicted octanol–water partition coefficient (Wildman–Crippen LogP) is 5.37. The lowest BCUT2D eigenvalue weighted by Crippen LogP contribution is -2.53. The topological polar surface area (TPSA) is 24.1 Å². The minimum Gasteiger partial charge on any atom is -0.306 e. The molecular formula is C24H32N2. The molecule has 0 saturated carbocycles. The summed E-state index contributed by atoms with van der Waals surface area (Å²) in [5.74, 6) is 0. The maximum absolute atomic E-state index is 3.98. The Kier molecular flexibility index (Phi) is 5.42. The summed E-state index contributed by atoms with van der Waals surface area (Å²) >= 11 is 0. The van der Waals surface area contributed by atoms with Crippen molar-refractivity contribution in [2.75, 3.05) is 0 Å². The highest BCUT2D eigenvalue weighted by atomic mass is 15.1. The van der Waals surface area contributed by atoms with E-state index in [0.29, 0.717) is 24.2 Å². The summed E-state index contributed by atoms with van der Waals surface area (Å²) < 4.78 is 0. The number of aryl methyl sites for hydroxylation is 2. The smallest absolute Gasteiger partial charge is 0.0323 e. The van der Waals surface area contributed by atoms with Crippen LogP contribution in [0.15, 0.2) is 48.5 Å². The van der Waals surface area contributed by atoms with Crippen molar-refractivity contribution in [3.8, 4) is 0 Å². The van der Waals surface area contributed by atoms with Crippen LogP contribution < -0.4 is 10.6 Å². The van der Waals surface area contributed by atoms with Crippen LogP contribution in [0.25, 0.3) is 0 Å². The molecule has 2 aliphatic heterocycles. The first kappa shape index (κ1) is 17.8. The van der Waals surface area contributed by atoms with Crippen molar-refractivity contribution in [1.29, 1.82) is 0 Å². The van der Waals surface area contributed by atoms with Gasteiger partial charge in [-0.25, -0.2) is 0 Å². The Bertz CT molecular complexity index is 640. The Hall–Kier alpha value is -1.64. The van der Waals surface area contributed by atoms with Crippen molar-refractivity contribution < 1.29 is 0 Å². The first-order valence-corrected chi connectivity index (χ1v) is 10.3. The van der Waals surface area contributed by atoms with Gasteiger partial charge in [0, 0.05) is 24.2 Å². The predicted molar refractivity (Wildman–Crippen MR) is 109 cm³/mol. The fourth-order valence-electron chi connectivity index (χ4n) is 4.69. The van der Waals surface area contributed by atoms with E-state index in [1.165, 1.54) is 60.8 Å². The van der Waals surface area contributed by atoms with Crippen LogP contribution in [0.1, 0.15) is 72.9 Å². The molecule has 2 saturated heterocycles. The quantitative estimate of drug-likeness (QED) is 0.779. The molecule has 0 bridgehead atoms. The summed E-state index contributed by atoms with van der Waals surface area (Å²) in [7, 11) is 0. The molecule has 0 spiro atoms. The third kappa shape index (κ3) is 4.02. The molecule has 4 atom stereocenters. The Morgan fingerprint density at radius 1 is 0.577 bits per heavy atom. The normalized spacial score (nSPS) is 29.5. The van der Waals surface area contributed by atoms with Gasteiger partial charge in [-0.15, -0.1) is 0 Å². The molecule has 4 rings (SSSR count). The third-order valence-electron chi connectivity index (χ3n) is 6.29. The Morgan fingerprint density at radius 3 is 1.35 bits per heavy atom. The standard InChI is InChI=1S/C24H32N2/c1-17-9-13-19(14-10-17)21-5-3-7-23(25-21)24-8-4-6-22(26-24)20-15-11-18(2)12-16-20/h9-16,21-26H,3-8H2,1-2H3/t21-,22+,23+,24-. The summed E-state index contributed by atoms with van der Waals surface area (Å²) in [6.45, 7) is 4.33. The van der Waals surface area contributed by atoms with E-state index in [0.717, 1.165) is 0 Å². The number of nitrogens with one attached hydrogen (secondary N) is 2. The van der Waals surface area contributed by atoms with Crippen LogP contribution in [0.4, 0.5) is 0 Å². The zero-order chi connectivity index (χ0) is 17.9. The zero-order valence-electron chi connectivity index (χ0n) is 16.2. The molecule has 2 fully saturated rings. The molecule has 2 heteroatoms. The van der Waals surface area contributed by atoms with Crippen LogP contribution in [-0.4, -0.2) is 12.1 Å². The van der Waals surface area contributed by atoms with E-state index in [1.807, 2.05) is 0 Å². The number of benzene rings is 2. The molecule has 2 aliphatic rings. The van der Waals surface area contributed by atoms with Gasteiger partial charge in [-0.2, -0.15) is 0 Å². The largest absolute Gasteiger partial charge is 0.306 e. The van der Waals surface area contributed by atoms with Crippen molar-refractivity contribution in [3.63, 3.8) is 0 Å². The minimum atomic E-state index is 0.510. The van der Waals surface area contributed by atoms with Gasteiger partial charge in [0.1, 0.15) is 0 Å². The van der Waals surface area contributed by atoms with Crippen molar-refractivity contribution in [1.82, 2.24) is 10.6 Å². The van der Waals surface area contributed by atoms with Crippen molar-refractivity contribution >= 4 is 0 Å². The molecule has 0 aromatic heterocycles. The van der Waals surface area contributed by atoms with E-state index in [2.05, 4.69) is 73.0 Å². The summed E-state index contributed by atoms with van der Waals surface area (Å²) in [6, 6.07) is 20.4. The van der Waals surface area contributed by atoms with E-state index in [4.69, 9.17) is 0 Å². The first-order chi connectivity index (χ1) is 12.7. The molecule has 0 aliphatic carbocycles. The molecule has 2 aromatic rings. The van der Waals surface area contributed by atoms with E-state index in [-0.39, 0.29) is 0 Å². The molecule has 138 valence electrons. The molecule has 2 N–H and O–H groups in total. The summed E-state index contributed by atoms with van der Waals surface area (Å²) in [5, 5.41) is 7.96. The van der Waals surface area contributed by atoms with Gasteiger partial charge in [0.05, 0.1) is 0 Å². The maximum atomic E-state index is 3.98. The van der Waals surface area contributed by atoms with Crippen molar-refractivity contribution in [2.24, 2.45) is 0 Å². The summed E-state index contributed by atoms with van der Waals surface area (Å²) in [4.78, 5) is 0. The molecular weight excluding hydrogens is 316 g/mol. The number of piperidine rings is 2. The molecule has 2 nitrogen and oxygen atoms in total. The minimum absolute atomic E-state index is 0.510. The van der Waals surface area contributed by atoms with Crippen LogP contribution in [0.5, 0.6) is 0 Å². The van der Waals surface area contributed by atoms with E-state index in [1.54, 1.807) is 0 Å². The average Bonchev–Trinajstić information content (AvgIpc) is 2.69. The van der Waals surface area contributed by atoms with Gasteiger partial charge in [0.25, 0.3) is 0 Å². The second kappa shape index (κ2) is 7.94. The van der Waals surface area contributed by atoms with Gasteiger partial charge in [-0.05, 0) is 63.5 Å². The SMILES string of the molecule is Cc1ccc([C@@H]2CCC[C@H]([C@@H]3CCC[C@H](c4ccc(C)cc4)N3)N2)cc1. The van der Waals surface area contributed by atoms with Crippen molar-refractivity contribution in [2.45, 2.75) is 76.5 Å². The zero-order valence-corrected chi connectivity index (χ0v) is 16.2. The van der Waals surface area contributed by atoms with Gasteiger partial charge in [-0.1, -0.05) is 59.7 Å². The van der Waals surface area contributed by atoms with Gasteiger partial charge in [-0.3, -0.25) is 0 Å². The maximum Gasteiger partial charge on any atom is 0.0323 e. The highest BCUT2D eigenvalue weighted by Crippen LogP contribution is 2.32. The Morgan fingerprint density at radius 2 is 0.962 bits per heavy atom.